The molecule has 6 heteroatoms. The third kappa shape index (κ3) is 1.86. The van der Waals surface area contributed by atoms with Crippen LogP contribution >= 0.6 is 39.0 Å². The van der Waals surface area contributed by atoms with Crippen molar-refractivity contribution < 1.29 is 4.52 Å². The zero-order valence-electron chi connectivity index (χ0n) is 7.70. The zero-order chi connectivity index (χ0) is 10.3. The fourth-order valence-corrected chi connectivity index (χ4v) is 4.09. The molecule has 78 valence electrons. The molecule has 3 heterocycles. The number of thioether (sulfide) groups is 1. The van der Waals surface area contributed by atoms with E-state index in [1.54, 1.807) is 11.3 Å². The Labute approximate surface area is 103 Å². The number of thiophene rings is 1. The summed E-state index contributed by atoms with van der Waals surface area (Å²) in [5.74, 6) is 2.95. The molecule has 1 aliphatic heterocycles. The maximum Gasteiger partial charge on any atom is 0.268 e. The van der Waals surface area contributed by atoms with Crippen LogP contribution < -0.4 is 0 Å². The van der Waals surface area contributed by atoms with Crippen molar-refractivity contribution in [2.24, 2.45) is 0 Å². The first-order chi connectivity index (χ1) is 7.33. The number of fused-ring (bicyclic) bond motifs is 1. The monoisotopic (exact) mass is 302 g/mol. The van der Waals surface area contributed by atoms with Crippen LogP contribution in [-0.4, -0.2) is 15.9 Å². The van der Waals surface area contributed by atoms with Crippen LogP contribution in [0.3, 0.4) is 0 Å². The van der Waals surface area contributed by atoms with Crippen LogP contribution in [0.5, 0.6) is 0 Å². The van der Waals surface area contributed by atoms with Gasteiger partial charge in [-0.1, -0.05) is 0 Å². The molecule has 3 nitrogen and oxygen atoms in total. The smallest absolute Gasteiger partial charge is 0.268 e. The second-order valence-electron chi connectivity index (χ2n) is 3.23. The zero-order valence-corrected chi connectivity index (χ0v) is 10.9. The third-order valence-electron chi connectivity index (χ3n) is 2.24. The van der Waals surface area contributed by atoms with Gasteiger partial charge < -0.3 is 4.52 Å². The van der Waals surface area contributed by atoms with E-state index in [4.69, 9.17) is 4.52 Å². The molecule has 0 aromatic carbocycles. The van der Waals surface area contributed by atoms with E-state index in [1.165, 1.54) is 22.6 Å². The minimum atomic E-state index is 0.512. The van der Waals surface area contributed by atoms with E-state index in [1.807, 2.05) is 11.8 Å². The molecule has 0 amide bonds. The Hall–Kier alpha value is -0.330. The van der Waals surface area contributed by atoms with E-state index < -0.39 is 0 Å². The van der Waals surface area contributed by atoms with Crippen molar-refractivity contribution in [3.8, 4) is 10.8 Å². The van der Waals surface area contributed by atoms with E-state index in [0.717, 1.165) is 10.6 Å². The van der Waals surface area contributed by atoms with Crippen LogP contribution in [0.15, 0.2) is 15.3 Å². The number of halogens is 1. The first-order valence-corrected chi connectivity index (χ1v) is 7.28. The molecule has 0 aliphatic carbocycles. The van der Waals surface area contributed by atoms with Gasteiger partial charge in [-0.15, -0.1) is 11.3 Å². The minimum absolute atomic E-state index is 0.512. The molecular formula is C9H7BrN2OS2. The van der Waals surface area contributed by atoms with E-state index in [2.05, 4.69) is 32.1 Å². The van der Waals surface area contributed by atoms with E-state index in [0.29, 0.717) is 10.6 Å². The van der Waals surface area contributed by atoms with Gasteiger partial charge >= 0.3 is 0 Å². The van der Waals surface area contributed by atoms with Crippen molar-refractivity contribution in [3.63, 3.8) is 0 Å². The fraction of sp³-hybridized carbons (Fsp3) is 0.333. The van der Waals surface area contributed by atoms with Gasteiger partial charge in [-0.25, -0.2) is 0 Å². The standard InChI is InChI=1S/C9H7BrN2OS2/c10-9-11-8(13-12-9)7-3-5-4-14-2-1-6(5)15-7/h3H,1-2,4H2. The van der Waals surface area contributed by atoms with E-state index >= 15 is 0 Å². The van der Waals surface area contributed by atoms with Gasteiger partial charge in [-0.05, 0) is 44.9 Å². The topological polar surface area (TPSA) is 38.9 Å². The SMILES string of the molecule is Brc1noc(-c2cc3c(s2)CCSC3)n1. The third-order valence-corrected chi connectivity index (χ3v) is 4.79. The molecule has 0 bridgehead atoms. The fourth-order valence-electron chi connectivity index (χ4n) is 1.56. The van der Waals surface area contributed by atoms with Crippen LogP contribution in [0.4, 0.5) is 0 Å². The van der Waals surface area contributed by atoms with E-state index in [9.17, 15) is 0 Å². The molecule has 0 saturated heterocycles. The van der Waals surface area contributed by atoms with Crippen molar-refractivity contribution in [3.05, 3.63) is 21.2 Å². The van der Waals surface area contributed by atoms with Gasteiger partial charge in [0.1, 0.15) is 0 Å². The Morgan fingerprint density at radius 2 is 2.40 bits per heavy atom. The lowest BCUT2D eigenvalue weighted by molar-refractivity contribution is 0.427. The largest absolute Gasteiger partial charge is 0.332 e. The normalized spacial score (nSPS) is 15.3. The Bertz CT molecular complexity index is 471. The summed E-state index contributed by atoms with van der Waals surface area (Å²) in [6.07, 6.45) is 1.17. The maximum atomic E-state index is 5.12. The Morgan fingerprint density at radius 3 is 3.13 bits per heavy atom. The number of rotatable bonds is 1. The summed E-state index contributed by atoms with van der Waals surface area (Å²) in [4.78, 5) is 6.72. The highest BCUT2D eigenvalue weighted by Crippen LogP contribution is 2.36. The highest BCUT2D eigenvalue weighted by Gasteiger charge is 2.17. The van der Waals surface area contributed by atoms with Crippen LogP contribution in [0.25, 0.3) is 10.8 Å². The molecule has 1 aliphatic rings. The summed E-state index contributed by atoms with van der Waals surface area (Å²) in [6, 6.07) is 2.17. The predicted molar refractivity (Wildman–Crippen MR) is 65.2 cm³/mol. The van der Waals surface area contributed by atoms with Crippen molar-refractivity contribution in [2.75, 3.05) is 5.75 Å². The number of nitrogens with zero attached hydrogens (tertiary/aromatic N) is 2. The average Bonchev–Trinajstić information content (AvgIpc) is 2.82. The summed E-state index contributed by atoms with van der Waals surface area (Å²) in [6.45, 7) is 0. The molecule has 3 rings (SSSR count). The summed E-state index contributed by atoms with van der Waals surface area (Å²) < 4.78 is 5.64. The predicted octanol–water partition coefficient (Wildman–Crippen LogP) is 3.35. The average molecular weight is 303 g/mol. The number of hydrogen-bond acceptors (Lipinski definition) is 5. The number of hydrogen-bond donors (Lipinski definition) is 0. The van der Waals surface area contributed by atoms with Crippen LogP contribution in [0.1, 0.15) is 10.4 Å². The number of aryl methyl sites for hydroxylation is 1. The van der Waals surface area contributed by atoms with Crippen LogP contribution in [-0.2, 0) is 12.2 Å². The summed E-state index contributed by atoms with van der Waals surface area (Å²) in [5.41, 5.74) is 1.43. The maximum absolute atomic E-state index is 5.12. The van der Waals surface area contributed by atoms with Crippen molar-refractivity contribution in [1.29, 1.82) is 0 Å². The lowest BCUT2D eigenvalue weighted by Crippen LogP contribution is -1.96. The van der Waals surface area contributed by atoms with Gasteiger partial charge in [-0.3, -0.25) is 0 Å². The quantitative estimate of drug-likeness (QED) is 0.810. The molecule has 0 fully saturated rings. The molecule has 0 unspecified atom stereocenters. The van der Waals surface area contributed by atoms with Gasteiger partial charge in [0.05, 0.1) is 4.88 Å². The minimum Gasteiger partial charge on any atom is -0.332 e. The summed E-state index contributed by atoms with van der Waals surface area (Å²) >= 11 is 6.94. The molecular weight excluding hydrogens is 296 g/mol. The molecule has 2 aromatic rings. The van der Waals surface area contributed by atoms with Gasteiger partial charge in [0.25, 0.3) is 5.89 Å². The van der Waals surface area contributed by atoms with Crippen LogP contribution in [0.2, 0.25) is 0 Å². The van der Waals surface area contributed by atoms with Gasteiger partial charge in [0.15, 0.2) is 0 Å². The highest BCUT2D eigenvalue weighted by atomic mass is 79.9. The summed E-state index contributed by atoms with van der Waals surface area (Å²) in [7, 11) is 0. The molecule has 2 aromatic heterocycles. The second kappa shape index (κ2) is 3.92. The Balaban J connectivity index is 2.02. The van der Waals surface area contributed by atoms with E-state index in [-0.39, 0.29) is 0 Å². The molecule has 0 atom stereocenters. The molecule has 0 spiro atoms. The first-order valence-electron chi connectivity index (χ1n) is 4.52. The van der Waals surface area contributed by atoms with Gasteiger partial charge in [0.2, 0.25) is 4.73 Å². The molecule has 0 N–H and O–H groups in total. The summed E-state index contributed by atoms with van der Waals surface area (Å²) in [5, 5.41) is 3.73. The lowest BCUT2D eigenvalue weighted by Gasteiger charge is -2.08. The molecule has 0 saturated carbocycles. The Morgan fingerprint density at radius 1 is 1.47 bits per heavy atom. The van der Waals surface area contributed by atoms with Crippen molar-refractivity contribution in [1.82, 2.24) is 10.1 Å². The molecule has 0 radical (unpaired) electrons. The first kappa shape index (κ1) is 9.86. The van der Waals surface area contributed by atoms with Gasteiger partial charge in [0, 0.05) is 10.6 Å². The molecule has 15 heavy (non-hydrogen) atoms. The van der Waals surface area contributed by atoms with Gasteiger partial charge in [-0.2, -0.15) is 16.7 Å². The van der Waals surface area contributed by atoms with Crippen molar-refractivity contribution in [2.45, 2.75) is 12.2 Å². The highest BCUT2D eigenvalue weighted by molar-refractivity contribution is 9.10. The Kier molecular flexibility index (Phi) is 2.58. The van der Waals surface area contributed by atoms with Crippen LogP contribution in [0, 0.1) is 0 Å². The number of aromatic nitrogens is 2. The lowest BCUT2D eigenvalue weighted by atomic mass is 10.2. The van der Waals surface area contributed by atoms with Crippen molar-refractivity contribution >= 4 is 39.0 Å². The second-order valence-corrected chi connectivity index (χ2v) is 6.18.